The van der Waals surface area contributed by atoms with Gasteiger partial charge in [-0.3, -0.25) is 4.79 Å². The Morgan fingerprint density at radius 2 is 2.30 bits per heavy atom. The molecule has 1 amide bonds. The first-order valence-corrected chi connectivity index (χ1v) is 7.11. The smallest absolute Gasteiger partial charge is 0.253 e. The number of hydrogen-bond donors (Lipinski definition) is 1. The molecule has 1 fully saturated rings. The zero-order valence-electron chi connectivity index (χ0n) is 12.1. The molecule has 1 aliphatic rings. The van der Waals surface area contributed by atoms with Gasteiger partial charge in [-0.15, -0.1) is 0 Å². The van der Waals surface area contributed by atoms with E-state index in [0.717, 1.165) is 30.6 Å². The maximum absolute atomic E-state index is 12.5. The maximum Gasteiger partial charge on any atom is 0.253 e. The van der Waals surface area contributed by atoms with E-state index in [2.05, 4.69) is 18.8 Å². The molecule has 0 radical (unpaired) electrons. The van der Waals surface area contributed by atoms with E-state index in [0.29, 0.717) is 11.5 Å². The number of aliphatic hydroxyl groups is 1. The van der Waals surface area contributed by atoms with E-state index in [1.54, 1.807) is 0 Å². The largest absolute Gasteiger partial charge is 0.384 e. The van der Waals surface area contributed by atoms with Crippen LogP contribution in [0.4, 0.5) is 0 Å². The van der Waals surface area contributed by atoms with Crippen molar-refractivity contribution in [3.05, 3.63) is 34.9 Å². The number of piperidine rings is 1. The summed E-state index contributed by atoms with van der Waals surface area (Å²) in [6.07, 6.45) is 2.28. The Bertz CT molecular complexity index is 554. The molecule has 3 heteroatoms. The topological polar surface area (TPSA) is 40.5 Å². The van der Waals surface area contributed by atoms with Gasteiger partial charge < -0.3 is 10.0 Å². The van der Waals surface area contributed by atoms with Crippen molar-refractivity contribution in [3.63, 3.8) is 0 Å². The summed E-state index contributed by atoms with van der Waals surface area (Å²) in [6, 6.07) is 5.61. The Hall–Kier alpha value is -1.79. The predicted molar refractivity (Wildman–Crippen MR) is 79.4 cm³/mol. The van der Waals surface area contributed by atoms with E-state index in [-0.39, 0.29) is 12.5 Å². The first kappa shape index (κ1) is 14.6. The fourth-order valence-corrected chi connectivity index (χ4v) is 2.58. The molecule has 1 saturated heterocycles. The summed E-state index contributed by atoms with van der Waals surface area (Å²) in [6.45, 7) is 5.66. The average molecular weight is 271 g/mol. The zero-order valence-corrected chi connectivity index (χ0v) is 12.1. The van der Waals surface area contributed by atoms with Crippen molar-refractivity contribution in [2.75, 3.05) is 19.7 Å². The van der Waals surface area contributed by atoms with Crippen LogP contribution in [0.15, 0.2) is 18.2 Å². The van der Waals surface area contributed by atoms with Gasteiger partial charge in [-0.05, 0) is 43.4 Å². The molecule has 1 atom stereocenters. The molecule has 2 rings (SSSR count). The van der Waals surface area contributed by atoms with Gasteiger partial charge in [-0.25, -0.2) is 0 Å². The van der Waals surface area contributed by atoms with Crippen molar-refractivity contribution in [1.29, 1.82) is 0 Å². The molecule has 1 unspecified atom stereocenters. The number of likely N-dealkylation sites (tertiary alicyclic amines) is 1. The van der Waals surface area contributed by atoms with E-state index >= 15 is 0 Å². The molecule has 0 aromatic heterocycles. The van der Waals surface area contributed by atoms with Crippen molar-refractivity contribution >= 4 is 5.91 Å². The second-order valence-corrected chi connectivity index (χ2v) is 5.49. The second kappa shape index (κ2) is 6.58. The minimum Gasteiger partial charge on any atom is -0.384 e. The van der Waals surface area contributed by atoms with Gasteiger partial charge in [0.15, 0.2) is 0 Å². The summed E-state index contributed by atoms with van der Waals surface area (Å²) in [7, 11) is 0. The quantitative estimate of drug-likeness (QED) is 0.796. The Morgan fingerprint density at radius 3 is 3.00 bits per heavy atom. The third kappa shape index (κ3) is 3.40. The second-order valence-electron chi connectivity index (χ2n) is 5.49. The Balaban J connectivity index is 2.21. The lowest BCUT2D eigenvalue weighted by Gasteiger charge is -2.31. The van der Waals surface area contributed by atoms with Crippen molar-refractivity contribution < 1.29 is 9.90 Å². The van der Waals surface area contributed by atoms with Gasteiger partial charge in [0.05, 0.1) is 0 Å². The van der Waals surface area contributed by atoms with Crippen LogP contribution in [-0.2, 0) is 0 Å². The molecule has 1 aromatic rings. The number of aryl methyl sites for hydroxylation is 1. The molecule has 0 aliphatic carbocycles. The molecule has 3 nitrogen and oxygen atoms in total. The van der Waals surface area contributed by atoms with Gasteiger partial charge in [0.2, 0.25) is 0 Å². The lowest BCUT2D eigenvalue weighted by Crippen LogP contribution is -2.39. The number of rotatable bonds is 1. The molecule has 1 aromatic carbocycles. The third-order valence-corrected chi connectivity index (χ3v) is 3.73. The predicted octanol–water partition coefficient (Wildman–Crippen LogP) is 2.21. The summed E-state index contributed by atoms with van der Waals surface area (Å²) in [5, 5.41) is 8.78. The van der Waals surface area contributed by atoms with Crippen LogP contribution < -0.4 is 0 Å². The lowest BCUT2D eigenvalue weighted by molar-refractivity contribution is 0.0683. The highest BCUT2D eigenvalue weighted by Crippen LogP contribution is 2.19. The zero-order chi connectivity index (χ0) is 14.5. The molecule has 1 heterocycles. The summed E-state index contributed by atoms with van der Waals surface area (Å²) < 4.78 is 0. The highest BCUT2D eigenvalue weighted by Gasteiger charge is 2.22. The molecule has 106 valence electrons. The van der Waals surface area contributed by atoms with E-state index in [1.165, 1.54) is 6.42 Å². The van der Waals surface area contributed by atoms with Gasteiger partial charge >= 0.3 is 0 Å². The Morgan fingerprint density at radius 1 is 1.50 bits per heavy atom. The summed E-state index contributed by atoms with van der Waals surface area (Å²) in [4.78, 5) is 14.4. The highest BCUT2D eigenvalue weighted by atomic mass is 16.2. The number of benzene rings is 1. The van der Waals surface area contributed by atoms with E-state index < -0.39 is 0 Å². The molecule has 1 N–H and O–H groups in total. The Labute approximate surface area is 120 Å². The van der Waals surface area contributed by atoms with Crippen molar-refractivity contribution in [2.24, 2.45) is 5.92 Å². The summed E-state index contributed by atoms with van der Waals surface area (Å²) in [5.74, 6) is 6.20. The molecular formula is C17H21NO2. The number of carbonyl (C=O) groups is 1. The van der Waals surface area contributed by atoms with Crippen LogP contribution in [0.1, 0.15) is 41.3 Å². The monoisotopic (exact) mass is 271 g/mol. The highest BCUT2D eigenvalue weighted by molar-refractivity contribution is 5.94. The summed E-state index contributed by atoms with van der Waals surface area (Å²) >= 11 is 0. The van der Waals surface area contributed by atoms with Crippen LogP contribution in [0, 0.1) is 24.7 Å². The normalized spacial score (nSPS) is 18.4. The van der Waals surface area contributed by atoms with Gasteiger partial charge in [0.25, 0.3) is 5.91 Å². The van der Waals surface area contributed by atoms with Crippen LogP contribution in [0.5, 0.6) is 0 Å². The van der Waals surface area contributed by atoms with Crippen molar-refractivity contribution in [1.82, 2.24) is 4.90 Å². The van der Waals surface area contributed by atoms with Gasteiger partial charge in [-0.1, -0.05) is 24.8 Å². The van der Waals surface area contributed by atoms with Crippen LogP contribution >= 0.6 is 0 Å². The molecule has 1 aliphatic heterocycles. The van der Waals surface area contributed by atoms with Crippen molar-refractivity contribution in [2.45, 2.75) is 26.7 Å². The number of aliphatic hydroxyl groups excluding tert-OH is 1. The van der Waals surface area contributed by atoms with Crippen LogP contribution in [0.25, 0.3) is 0 Å². The fraction of sp³-hybridized carbons (Fsp3) is 0.471. The molecule has 0 spiro atoms. The molecular weight excluding hydrogens is 250 g/mol. The first-order valence-electron chi connectivity index (χ1n) is 7.11. The van der Waals surface area contributed by atoms with E-state index in [4.69, 9.17) is 5.11 Å². The standard InChI is InChI=1S/C17H21NO2/c1-13-5-3-9-18(12-13)17(20)16-8-7-14(2)15(11-16)6-4-10-19/h7-8,11,13,19H,3,5,9-10,12H2,1-2H3. The first-order chi connectivity index (χ1) is 9.61. The fourth-order valence-electron chi connectivity index (χ4n) is 2.58. The van der Waals surface area contributed by atoms with Crippen molar-refractivity contribution in [3.8, 4) is 11.8 Å². The molecule has 0 bridgehead atoms. The van der Waals surface area contributed by atoms with Crippen LogP contribution in [0.2, 0.25) is 0 Å². The van der Waals surface area contributed by atoms with E-state index in [1.807, 2.05) is 30.0 Å². The number of nitrogens with zero attached hydrogens (tertiary/aromatic N) is 1. The van der Waals surface area contributed by atoms with Gasteiger partial charge in [-0.2, -0.15) is 0 Å². The molecule has 20 heavy (non-hydrogen) atoms. The maximum atomic E-state index is 12.5. The SMILES string of the molecule is Cc1ccc(C(=O)N2CCCC(C)C2)cc1C#CCO. The lowest BCUT2D eigenvalue weighted by atomic mass is 9.98. The number of hydrogen-bond acceptors (Lipinski definition) is 2. The van der Waals surface area contributed by atoms with E-state index in [9.17, 15) is 4.79 Å². The van der Waals surface area contributed by atoms with Gasteiger partial charge in [0.1, 0.15) is 6.61 Å². The van der Waals surface area contributed by atoms with Gasteiger partial charge in [0, 0.05) is 24.2 Å². The number of amides is 1. The number of carbonyl (C=O) groups excluding carboxylic acids is 1. The molecule has 0 saturated carbocycles. The minimum atomic E-state index is -0.165. The average Bonchev–Trinajstić information content (AvgIpc) is 2.45. The Kier molecular flexibility index (Phi) is 4.81. The van der Waals surface area contributed by atoms with Crippen LogP contribution in [0.3, 0.4) is 0 Å². The minimum absolute atomic E-state index is 0.0867. The summed E-state index contributed by atoms with van der Waals surface area (Å²) in [5.41, 5.74) is 2.52. The van der Waals surface area contributed by atoms with Crippen LogP contribution in [-0.4, -0.2) is 35.6 Å². The third-order valence-electron chi connectivity index (χ3n) is 3.73.